The Balaban J connectivity index is 1.88. The standard InChI is InChI=1S/C14H20N2O2S/c1-10(19(2)18)5-7-16-14(17)12-3-4-13-11(9-12)6-8-15-13/h3-4,9-10,15H,5-8H2,1-2H3,(H,16,17). The van der Waals surface area contributed by atoms with Crippen LogP contribution in [0.25, 0.3) is 0 Å². The van der Waals surface area contributed by atoms with E-state index in [9.17, 15) is 9.00 Å². The number of fused-ring (bicyclic) bond motifs is 1. The molecule has 19 heavy (non-hydrogen) atoms. The van der Waals surface area contributed by atoms with Gasteiger partial charge in [0.1, 0.15) is 0 Å². The van der Waals surface area contributed by atoms with Crippen LogP contribution in [0.15, 0.2) is 18.2 Å². The zero-order valence-electron chi connectivity index (χ0n) is 11.4. The third-order valence-corrected chi connectivity index (χ3v) is 4.85. The van der Waals surface area contributed by atoms with Gasteiger partial charge < -0.3 is 10.6 Å². The topological polar surface area (TPSA) is 58.2 Å². The van der Waals surface area contributed by atoms with E-state index in [1.165, 1.54) is 5.56 Å². The molecule has 0 saturated heterocycles. The van der Waals surface area contributed by atoms with E-state index in [-0.39, 0.29) is 11.2 Å². The highest BCUT2D eigenvalue weighted by Crippen LogP contribution is 2.22. The predicted octanol–water partition coefficient (Wildman–Crippen LogP) is 1.54. The number of amides is 1. The van der Waals surface area contributed by atoms with Gasteiger partial charge in [-0.05, 0) is 36.6 Å². The zero-order chi connectivity index (χ0) is 13.8. The number of hydrogen-bond acceptors (Lipinski definition) is 3. The smallest absolute Gasteiger partial charge is 0.251 e. The van der Waals surface area contributed by atoms with Crippen LogP contribution in [0.2, 0.25) is 0 Å². The number of carbonyl (C=O) groups excluding carboxylic acids is 1. The van der Waals surface area contributed by atoms with E-state index in [1.54, 1.807) is 6.26 Å². The molecule has 1 aliphatic rings. The summed E-state index contributed by atoms with van der Waals surface area (Å²) < 4.78 is 11.2. The molecule has 0 aliphatic carbocycles. The highest BCUT2D eigenvalue weighted by atomic mass is 32.2. The minimum absolute atomic E-state index is 0.0521. The van der Waals surface area contributed by atoms with Crippen LogP contribution < -0.4 is 10.6 Å². The summed E-state index contributed by atoms with van der Waals surface area (Å²) in [6.45, 7) is 3.44. The quantitative estimate of drug-likeness (QED) is 0.860. The second-order valence-corrected chi connectivity index (χ2v) is 6.70. The Morgan fingerprint density at radius 1 is 1.53 bits per heavy atom. The van der Waals surface area contributed by atoms with Gasteiger partial charge in [0.05, 0.1) is 0 Å². The highest BCUT2D eigenvalue weighted by molar-refractivity contribution is 7.84. The predicted molar refractivity (Wildman–Crippen MR) is 79.1 cm³/mol. The Labute approximate surface area is 116 Å². The van der Waals surface area contributed by atoms with Crippen LogP contribution in [0.1, 0.15) is 29.3 Å². The highest BCUT2D eigenvalue weighted by Gasteiger charge is 2.13. The molecule has 0 aromatic heterocycles. The first-order chi connectivity index (χ1) is 9.08. The summed E-state index contributed by atoms with van der Waals surface area (Å²) in [7, 11) is -0.829. The summed E-state index contributed by atoms with van der Waals surface area (Å²) in [4.78, 5) is 12.0. The maximum atomic E-state index is 12.0. The molecule has 5 heteroatoms. The van der Waals surface area contributed by atoms with Gasteiger partial charge in [-0.3, -0.25) is 9.00 Å². The van der Waals surface area contributed by atoms with Gasteiger partial charge in [0.25, 0.3) is 5.91 Å². The first kappa shape index (κ1) is 14.1. The van der Waals surface area contributed by atoms with E-state index >= 15 is 0 Å². The van der Waals surface area contributed by atoms with Gasteiger partial charge in [-0.25, -0.2) is 0 Å². The second kappa shape index (κ2) is 6.19. The molecule has 2 rings (SSSR count). The van der Waals surface area contributed by atoms with Gasteiger partial charge >= 0.3 is 0 Å². The SMILES string of the molecule is CC(CCNC(=O)c1ccc2c(c1)CCN2)S(C)=O. The molecule has 0 bridgehead atoms. The van der Waals surface area contributed by atoms with Crippen molar-refractivity contribution in [1.29, 1.82) is 0 Å². The van der Waals surface area contributed by atoms with Crippen molar-refractivity contribution >= 4 is 22.4 Å². The van der Waals surface area contributed by atoms with Gasteiger partial charge in [-0.15, -0.1) is 0 Å². The maximum absolute atomic E-state index is 12.0. The largest absolute Gasteiger partial charge is 0.384 e. The van der Waals surface area contributed by atoms with E-state index in [1.807, 2.05) is 25.1 Å². The van der Waals surface area contributed by atoms with Crippen molar-refractivity contribution in [2.45, 2.75) is 25.0 Å². The summed E-state index contributed by atoms with van der Waals surface area (Å²) in [5, 5.41) is 6.27. The van der Waals surface area contributed by atoms with Crippen LogP contribution in [0.5, 0.6) is 0 Å². The molecule has 2 unspecified atom stereocenters. The summed E-state index contributed by atoms with van der Waals surface area (Å²) >= 11 is 0. The first-order valence-corrected chi connectivity index (χ1v) is 8.17. The lowest BCUT2D eigenvalue weighted by molar-refractivity contribution is 0.0953. The lowest BCUT2D eigenvalue weighted by Crippen LogP contribution is -2.27. The van der Waals surface area contributed by atoms with Gasteiger partial charge in [0, 0.05) is 46.6 Å². The number of hydrogen-bond donors (Lipinski definition) is 2. The average Bonchev–Trinajstić information content (AvgIpc) is 2.85. The van der Waals surface area contributed by atoms with Crippen molar-refractivity contribution in [2.24, 2.45) is 0 Å². The maximum Gasteiger partial charge on any atom is 0.251 e. The van der Waals surface area contributed by atoms with Crippen LogP contribution in [0.4, 0.5) is 5.69 Å². The molecule has 104 valence electrons. The second-order valence-electron chi connectivity index (χ2n) is 4.90. The van der Waals surface area contributed by atoms with Gasteiger partial charge in [0.15, 0.2) is 0 Å². The molecule has 1 aromatic carbocycles. The molecular formula is C14H20N2O2S. The Morgan fingerprint density at radius 2 is 2.32 bits per heavy atom. The van der Waals surface area contributed by atoms with Crippen LogP contribution >= 0.6 is 0 Å². The van der Waals surface area contributed by atoms with Crippen LogP contribution in [0, 0.1) is 0 Å². The third-order valence-electron chi connectivity index (χ3n) is 3.48. The van der Waals surface area contributed by atoms with Crippen molar-refractivity contribution < 1.29 is 9.00 Å². The Bertz CT molecular complexity index is 502. The van der Waals surface area contributed by atoms with Gasteiger partial charge in [-0.2, -0.15) is 0 Å². The Morgan fingerprint density at radius 3 is 3.05 bits per heavy atom. The molecule has 1 amide bonds. The molecule has 2 N–H and O–H groups in total. The third kappa shape index (κ3) is 3.56. The summed E-state index contributed by atoms with van der Waals surface area (Å²) in [5.41, 5.74) is 3.04. The van der Waals surface area contributed by atoms with Crippen molar-refractivity contribution in [1.82, 2.24) is 5.32 Å². The Kier molecular flexibility index (Phi) is 4.58. The van der Waals surface area contributed by atoms with Crippen molar-refractivity contribution in [2.75, 3.05) is 24.7 Å². The van der Waals surface area contributed by atoms with E-state index in [0.717, 1.165) is 25.1 Å². The fourth-order valence-corrected chi connectivity index (χ4v) is 2.55. The molecule has 1 aliphatic heterocycles. The van der Waals surface area contributed by atoms with Crippen molar-refractivity contribution in [3.05, 3.63) is 29.3 Å². The van der Waals surface area contributed by atoms with Gasteiger partial charge in [0.2, 0.25) is 0 Å². The van der Waals surface area contributed by atoms with Crippen molar-refractivity contribution in [3.8, 4) is 0 Å². The van der Waals surface area contributed by atoms with E-state index in [0.29, 0.717) is 12.1 Å². The molecule has 0 saturated carbocycles. The Hall–Kier alpha value is -1.36. The van der Waals surface area contributed by atoms with E-state index in [4.69, 9.17) is 0 Å². The lowest BCUT2D eigenvalue weighted by Gasteiger charge is -2.10. The van der Waals surface area contributed by atoms with Crippen LogP contribution in [-0.4, -0.2) is 34.7 Å². The average molecular weight is 280 g/mol. The van der Waals surface area contributed by atoms with Crippen molar-refractivity contribution in [3.63, 3.8) is 0 Å². The molecule has 0 radical (unpaired) electrons. The van der Waals surface area contributed by atoms with Crippen LogP contribution in [0.3, 0.4) is 0 Å². The molecule has 2 atom stereocenters. The summed E-state index contributed by atoms with van der Waals surface area (Å²) in [6.07, 6.45) is 3.41. The number of nitrogens with one attached hydrogen (secondary N) is 2. The number of anilines is 1. The van der Waals surface area contributed by atoms with E-state index < -0.39 is 10.8 Å². The fraction of sp³-hybridized carbons (Fsp3) is 0.500. The van der Waals surface area contributed by atoms with Crippen LogP contribution in [-0.2, 0) is 17.2 Å². The number of rotatable bonds is 5. The molecule has 0 spiro atoms. The molecule has 4 nitrogen and oxygen atoms in total. The molecule has 1 heterocycles. The van der Waals surface area contributed by atoms with Gasteiger partial charge in [-0.1, -0.05) is 6.92 Å². The summed E-state index contributed by atoms with van der Waals surface area (Å²) in [5.74, 6) is -0.0521. The minimum atomic E-state index is -0.829. The number of carbonyl (C=O) groups is 1. The zero-order valence-corrected chi connectivity index (χ0v) is 12.2. The lowest BCUT2D eigenvalue weighted by atomic mass is 10.1. The minimum Gasteiger partial charge on any atom is -0.384 e. The monoisotopic (exact) mass is 280 g/mol. The number of benzene rings is 1. The molecular weight excluding hydrogens is 260 g/mol. The normalized spacial score (nSPS) is 16.3. The fourth-order valence-electron chi connectivity index (χ4n) is 2.10. The summed E-state index contributed by atoms with van der Waals surface area (Å²) in [6, 6.07) is 5.75. The van der Waals surface area contributed by atoms with E-state index in [2.05, 4.69) is 10.6 Å². The molecule has 0 fully saturated rings. The first-order valence-electron chi connectivity index (χ1n) is 6.55. The molecule has 1 aromatic rings.